The quantitative estimate of drug-likeness (QED) is 0.741. The molecule has 0 atom stereocenters. The van der Waals surface area contributed by atoms with Gasteiger partial charge in [0.25, 0.3) is 0 Å². The molecule has 0 aliphatic heterocycles. The minimum Gasteiger partial charge on any atom is -0.382 e. The number of aromatic amines is 1. The molecule has 3 N–H and O–H groups in total. The summed E-state index contributed by atoms with van der Waals surface area (Å²) >= 11 is 1.82. The molecule has 3 nitrogen and oxygen atoms in total. The third-order valence-corrected chi connectivity index (χ3v) is 4.54. The van der Waals surface area contributed by atoms with Crippen LogP contribution >= 0.6 is 11.3 Å². The van der Waals surface area contributed by atoms with E-state index < -0.39 is 0 Å². The van der Waals surface area contributed by atoms with Crippen molar-refractivity contribution in [1.82, 2.24) is 10.2 Å². The number of benzene rings is 1. The number of hydrogen-bond acceptors (Lipinski definition) is 3. The number of hydrogen-bond donors (Lipinski definition) is 2. The van der Waals surface area contributed by atoms with Crippen LogP contribution in [0.25, 0.3) is 11.1 Å². The molecule has 2 heterocycles. The molecule has 2 aromatic heterocycles. The maximum absolute atomic E-state index is 6.05. The number of aromatic nitrogens is 2. The Kier molecular flexibility index (Phi) is 4.06. The molecule has 4 heteroatoms. The van der Waals surface area contributed by atoms with Crippen molar-refractivity contribution in [3.63, 3.8) is 0 Å². The summed E-state index contributed by atoms with van der Waals surface area (Å²) in [5.74, 6) is 0.590. The molecule has 0 amide bonds. The molecular weight excluding hydrogens is 278 g/mol. The van der Waals surface area contributed by atoms with Crippen molar-refractivity contribution in [2.75, 3.05) is 5.73 Å². The van der Waals surface area contributed by atoms with Crippen LogP contribution in [-0.2, 0) is 12.8 Å². The molecule has 0 aliphatic rings. The van der Waals surface area contributed by atoms with E-state index in [0.717, 1.165) is 36.1 Å². The second-order valence-electron chi connectivity index (χ2n) is 5.26. The summed E-state index contributed by atoms with van der Waals surface area (Å²) in [6.07, 6.45) is 3.16. The van der Waals surface area contributed by atoms with Crippen LogP contribution in [0.15, 0.2) is 41.8 Å². The van der Waals surface area contributed by atoms with Crippen LogP contribution in [0.3, 0.4) is 0 Å². The van der Waals surface area contributed by atoms with Gasteiger partial charge in [-0.05, 0) is 43.2 Å². The zero-order valence-electron chi connectivity index (χ0n) is 12.1. The van der Waals surface area contributed by atoms with Crippen LogP contribution in [-0.4, -0.2) is 10.2 Å². The maximum Gasteiger partial charge on any atom is 0.153 e. The number of nitrogens with two attached hydrogens (primary N) is 1. The Balaban J connectivity index is 1.77. The number of nitrogen functional groups attached to an aromatic ring is 1. The Morgan fingerprint density at radius 1 is 1.19 bits per heavy atom. The van der Waals surface area contributed by atoms with E-state index in [1.807, 2.05) is 11.3 Å². The van der Waals surface area contributed by atoms with Crippen LogP contribution in [0.5, 0.6) is 0 Å². The lowest BCUT2D eigenvalue weighted by molar-refractivity contribution is 0.802. The third-order valence-electron chi connectivity index (χ3n) is 3.61. The summed E-state index contributed by atoms with van der Waals surface area (Å²) in [4.78, 5) is 1.43. The lowest BCUT2D eigenvalue weighted by Gasteiger charge is -2.05. The molecular formula is C17H19N3S. The van der Waals surface area contributed by atoms with E-state index in [-0.39, 0.29) is 0 Å². The fourth-order valence-electron chi connectivity index (χ4n) is 2.59. The summed E-state index contributed by atoms with van der Waals surface area (Å²) in [6, 6.07) is 12.7. The first-order chi connectivity index (χ1) is 10.2. The Bertz CT molecular complexity index is 713. The highest BCUT2D eigenvalue weighted by molar-refractivity contribution is 7.09. The largest absolute Gasteiger partial charge is 0.382 e. The number of aryl methyl sites for hydroxylation is 3. The molecule has 108 valence electrons. The van der Waals surface area contributed by atoms with Gasteiger partial charge in [0.1, 0.15) is 0 Å². The van der Waals surface area contributed by atoms with Crippen molar-refractivity contribution in [3.8, 4) is 11.1 Å². The molecule has 1 aromatic carbocycles. The van der Waals surface area contributed by atoms with E-state index in [0.29, 0.717) is 5.82 Å². The highest BCUT2D eigenvalue weighted by Gasteiger charge is 2.13. The Morgan fingerprint density at radius 3 is 2.86 bits per heavy atom. The zero-order chi connectivity index (χ0) is 14.7. The number of nitrogens with one attached hydrogen (secondary N) is 1. The first-order valence-electron chi connectivity index (χ1n) is 7.16. The van der Waals surface area contributed by atoms with Crippen molar-refractivity contribution < 1.29 is 0 Å². The highest BCUT2D eigenvalue weighted by Crippen LogP contribution is 2.29. The Hall–Kier alpha value is -2.07. The molecule has 0 aliphatic carbocycles. The predicted molar refractivity (Wildman–Crippen MR) is 89.5 cm³/mol. The van der Waals surface area contributed by atoms with Gasteiger partial charge in [-0.15, -0.1) is 11.3 Å². The molecule has 0 unspecified atom stereocenters. The fourth-order valence-corrected chi connectivity index (χ4v) is 3.34. The molecule has 0 fully saturated rings. The van der Waals surface area contributed by atoms with Gasteiger partial charge >= 0.3 is 0 Å². The van der Waals surface area contributed by atoms with Crippen LogP contribution in [0.2, 0.25) is 0 Å². The summed E-state index contributed by atoms with van der Waals surface area (Å²) in [7, 11) is 0. The van der Waals surface area contributed by atoms with Crippen molar-refractivity contribution in [2.24, 2.45) is 0 Å². The van der Waals surface area contributed by atoms with Gasteiger partial charge in [0.2, 0.25) is 0 Å². The van der Waals surface area contributed by atoms with E-state index in [9.17, 15) is 0 Å². The van der Waals surface area contributed by atoms with Gasteiger partial charge in [0, 0.05) is 16.1 Å². The molecule has 0 radical (unpaired) electrons. The van der Waals surface area contributed by atoms with E-state index in [1.165, 1.54) is 10.4 Å². The molecule has 0 saturated heterocycles. The Labute approximate surface area is 128 Å². The van der Waals surface area contributed by atoms with Crippen LogP contribution in [0.1, 0.15) is 22.6 Å². The second-order valence-corrected chi connectivity index (χ2v) is 6.30. The predicted octanol–water partition coefficient (Wildman–Crippen LogP) is 4.20. The average molecular weight is 297 g/mol. The fraction of sp³-hybridized carbons (Fsp3) is 0.235. The lowest BCUT2D eigenvalue weighted by Crippen LogP contribution is -1.93. The number of nitrogens with zero attached hydrogens (tertiary/aromatic N) is 1. The molecule has 0 bridgehead atoms. The normalized spacial score (nSPS) is 10.9. The summed E-state index contributed by atoms with van der Waals surface area (Å²) in [5, 5.41) is 9.42. The average Bonchev–Trinajstić information content (AvgIpc) is 3.09. The number of H-pyrrole nitrogens is 1. The highest BCUT2D eigenvalue weighted by atomic mass is 32.1. The number of rotatable bonds is 5. The van der Waals surface area contributed by atoms with E-state index in [2.05, 4.69) is 58.9 Å². The minimum absolute atomic E-state index is 0.590. The third kappa shape index (κ3) is 3.16. The van der Waals surface area contributed by atoms with Gasteiger partial charge in [0.15, 0.2) is 5.82 Å². The smallest absolute Gasteiger partial charge is 0.153 e. The summed E-state index contributed by atoms with van der Waals surface area (Å²) in [6.45, 7) is 2.09. The monoisotopic (exact) mass is 297 g/mol. The van der Waals surface area contributed by atoms with Crippen molar-refractivity contribution in [1.29, 1.82) is 0 Å². The maximum atomic E-state index is 6.05. The molecule has 0 spiro atoms. The van der Waals surface area contributed by atoms with Crippen molar-refractivity contribution in [2.45, 2.75) is 26.2 Å². The van der Waals surface area contributed by atoms with Crippen molar-refractivity contribution in [3.05, 3.63) is 57.9 Å². The first kappa shape index (κ1) is 13.9. The van der Waals surface area contributed by atoms with Crippen LogP contribution in [0, 0.1) is 6.92 Å². The number of anilines is 1. The van der Waals surface area contributed by atoms with Gasteiger partial charge in [-0.2, -0.15) is 5.10 Å². The van der Waals surface area contributed by atoms with Gasteiger partial charge < -0.3 is 5.73 Å². The van der Waals surface area contributed by atoms with Crippen molar-refractivity contribution >= 4 is 17.2 Å². The van der Waals surface area contributed by atoms with E-state index >= 15 is 0 Å². The standard InChI is InChI=1S/C17H19N3S/c1-12-5-2-6-13(11-12)16-15(19-20-17(16)18)9-3-7-14-8-4-10-21-14/h2,4-6,8,10-11H,3,7,9H2,1H3,(H3,18,19,20). The minimum atomic E-state index is 0.590. The van der Waals surface area contributed by atoms with Crippen LogP contribution < -0.4 is 5.73 Å². The van der Waals surface area contributed by atoms with E-state index in [1.54, 1.807) is 0 Å². The number of thiophene rings is 1. The summed E-state index contributed by atoms with van der Waals surface area (Å²) < 4.78 is 0. The zero-order valence-corrected chi connectivity index (χ0v) is 12.9. The molecule has 21 heavy (non-hydrogen) atoms. The van der Waals surface area contributed by atoms with Gasteiger partial charge in [-0.1, -0.05) is 35.9 Å². The molecule has 0 saturated carbocycles. The lowest BCUT2D eigenvalue weighted by atomic mass is 10.0. The molecule has 3 rings (SSSR count). The second kappa shape index (κ2) is 6.14. The van der Waals surface area contributed by atoms with Gasteiger partial charge in [-0.3, -0.25) is 5.10 Å². The van der Waals surface area contributed by atoms with E-state index in [4.69, 9.17) is 5.73 Å². The summed E-state index contributed by atoms with van der Waals surface area (Å²) in [5.41, 5.74) is 10.6. The molecule has 3 aromatic rings. The van der Waals surface area contributed by atoms with Gasteiger partial charge in [0.05, 0.1) is 0 Å². The van der Waals surface area contributed by atoms with Gasteiger partial charge in [-0.25, -0.2) is 0 Å². The topological polar surface area (TPSA) is 54.7 Å². The van der Waals surface area contributed by atoms with Crippen LogP contribution in [0.4, 0.5) is 5.82 Å². The SMILES string of the molecule is Cc1cccc(-c2c(N)n[nH]c2CCCc2cccs2)c1. The first-order valence-corrected chi connectivity index (χ1v) is 8.04. The Morgan fingerprint density at radius 2 is 2.10 bits per heavy atom.